The zero-order valence-corrected chi connectivity index (χ0v) is 12.4. The van der Waals surface area contributed by atoms with E-state index in [2.05, 4.69) is 15.3 Å². The number of aryl methyl sites for hydroxylation is 2. The highest BCUT2D eigenvalue weighted by atomic mass is 35.5. The molecule has 0 unspecified atom stereocenters. The zero-order valence-electron chi connectivity index (χ0n) is 10.8. The fourth-order valence-corrected chi connectivity index (χ4v) is 4.03. The van der Waals surface area contributed by atoms with E-state index in [0.29, 0.717) is 12.4 Å². The van der Waals surface area contributed by atoms with Gasteiger partial charge in [0.2, 0.25) is 5.28 Å². The number of aromatic nitrogens is 2. The number of aliphatic carboxylic acids is 1. The number of carboxylic acids is 1. The van der Waals surface area contributed by atoms with Crippen molar-refractivity contribution in [1.82, 2.24) is 9.97 Å². The summed E-state index contributed by atoms with van der Waals surface area (Å²) in [5, 5.41) is 13.0. The van der Waals surface area contributed by atoms with E-state index in [4.69, 9.17) is 16.7 Å². The van der Waals surface area contributed by atoms with E-state index in [9.17, 15) is 4.79 Å². The maximum Gasteiger partial charge on any atom is 0.305 e. The fraction of sp³-hybridized carbons (Fsp3) is 0.462. The number of anilines is 1. The largest absolute Gasteiger partial charge is 0.481 e. The minimum Gasteiger partial charge on any atom is -0.481 e. The molecule has 0 spiro atoms. The Kier molecular flexibility index (Phi) is 3.76. The van der Waals surface area contributed by atoms with Crippen molar-refractivity contribution in [2.24, 2.45) is 0 Å². The second-order valence-corrected chi connectivity index (χ2v) is 6.22. The van der Waals surface area contributed by atoms with E-state index in [-0.39, 0.29) is 11.7 Å². The van der Waals surface area contributed by atoms with Gasteiger partial charge < -0.3 is 10.4 Å². The lowest BCUT2D eigenvalue weighted by Crippen LogP contribution is -2.10. The molecule has 0 saturated heterocycles. The molecule has 0 fully saturated rings. The van der Waals surface area contributed by atoms with Crippen LogP contribution < -0.4 is 5.32 Å². The lowest BCUT2D eigenvalue weighted by molar-refractivity contribution is -0.136. The zero-order chi connectivity index (χ0) is 14.1. The van der Waals surface area contributed by atoms with E-state index in [1.165, 1.54) is 23.3 Å². The molecule has 1 aliphatic rings. The van der Waals surface area contributed by atoms with E-state index in [1.807, 2.05) is 0 Å². The van der Waals surface area contributed by atoms with Gasteiger partial charge in [-0.1, -0.05) is 0 Å². The lowest BCUT2D eigenvalue weighted by Gasteiger charge is -2.12. The summed E-state index contributed by atoms with van der Waals surface area (Å²) in [6.45, 7) is 0.336. The van der Waals surface area contributed by atoms with Crippen LogP contribution in [0.3, 0.4) is 0 Å². The second kappa shape index (κ2) is 5.54. The highest BCUT2D eigenvalue weighted by Gasteiger charge is 2.20. The van der Waals surface area contributed by atoms with Crippen LogP contribution in [0.25, 0.3) is 10.2 Å². The number of rotatable bonds is 4. The van der Waals surface area contributed by atoms with E-state index in [1.54, 1.807) is 11.3 Å². The van der Waals surface area contributed by atoms with Crippen LogP contribution in [0.15, 0.2) is 0 Å². The average molecular weight is 312 g/mol. The summed E-state index contributed by atoms with van der Waals surface area (Å²) in [6, 6.07) is 0. The summed E-state index contributed by atoms with van der Waals surface area (Å²) < 4.78 is 0. The van der Waals surface area contributed by atoms with Gasteiger partial charge in [-0.2, -0.15) is 0 Å². The van der Waals surface area contributed by atoms with Gasteiger partial charge in [0, 0.05) is 11.4 Å². The predicted octanol–water partition coefficient (Wildman–Crippen LogP) is 3.11. The maximum absolute atomic E-state index is 10.6. The fourth-order valence-electron chi connectivity index (χ4n) is 2.55. The van der Waals surface area contributed by atoms with Gasteiger partial charge in [0.1, 0.15) is 10.6 Å². The summed E-state index contributed by atoms with van der Waals surface area (Å²) in [7, 11) is 0. The molecule has 3 rings (SSSR count). The highest BCUT2D eigenvalue weighted by molar-refractivity contribution is 7.19. The highest BCUT2D eigenvalue weighted by Crippen LogP contribution is 2.38. The first-order valence-corrected chi connectivity index (χ1v) is 7.78. The van der Waals surface area contributed by atoms with Crippen LogP contribution in [0.5, 0.6) is 0 Å². The van der Waals surface area contributed by atoms with Gasteiger partial charge in [-0.3, -0.25) is 4.79 Å². The van der Waals surface area contributed by atoms with Crippen LogP contribution >= 0.6 is 22.9 Å². The summed E-state index contributed by atoms with van der Waals surface area (Å²) >= 11 is 7.63. The molecule has 2 N–H and O–H groups in total. The molecule has 0 saturated carbocycles. The molecular formula is C13H14ClN3O2S. The summed E-state index contributed by atoms with van der Waals surface area (Å²) in [5.74, 6) is -0.165. The first-order valence-electron chi connectivity index (χ1n) is 6.58. The van der Waals surface area contributed by atoms with Gasteiger partial charge in [-0.25, -0.2) is 9.97 Å². The number of halogens is 1. The van der Waals surface area contributed by atoms with Crippen LogP contribution in [0, 0.1) is 0 Å². The third-order valence-electron chi connectivity index (χ3n) is 3.42. The monoisotopic (exact) mass is 311 g/mol. The molecule has 7 heteroatoms. The van der Waals surface area contributed by atoms with Crippen molar-refractivity contribution in [2.75, 3.05) is 11.9 Å². The average Bonchev–Trinajstić information content (AvgIpc) is 2.75. The summed E-state index contributed by atoms with van der Waals surface area (Å²) in [4.78, 5) is 21.4. The molecule has 106 valence electrons. The molecular weight excluding hydrogens is 298 g/mol. The first-order chi connectivity index (χ1) is 9.65. The standard InChI is InChI=1S/C13H14ClN3O2S/c14-13-16-11(15-6-5-9(18)19)10-7-3-1-2-4-8(7)20-12(10)17-13/h1-6H2,(H,18,19)(H,15,16,17). The topological polar surface area (TPSA) is 75.1 Å². The first kappa shape index (κ1) is 13.6. The van der Waals surface area contributed by atoms with Gasteiger partial charge >= 0.3 is 5.97 Å². The summed E-state index contributed by atoms with van der Waals surface area (Å²) in [5.41, 5.74) is 1.31. The normalized spacial score (nSPS) is 14.2. The number of hydrogen-bond acceptors (Lipinski definition) is 5. The Morgan fingerprint density at radius 3 is 2.95 bits per heavy atom. The van der Waals surface area contributed by atoms with Crippen molar-refractivity contribution in [1.29, 1.82) is 0 Å². The predicted molar refractivity (Wildman–Crippen MR) is 79.8 cm³/mol. The quantitative estimate of drug-likeness (QED) is 0.849. The van der Waals surface area contributed by atoms with Crippen molar-refractivity contribution in [3.05, 3.63) is 15.7 Å². The lowest BCUT2D eigenvalue weighted by atomic mass is 9.97. The Hall–Kier alpha value is -1.40. The minimum atomic E-state index is -0.832. The molecule has 0 aromatic carbocycles. The van der Waals surface area contributed by atoms with Gasteiger partial charge in [0.05, 0.1) is 11.8 Å². The molecule has 1 aliphatic carbocycles. The Morgan fingerprint density at radius 1 is 1.35 bits per heavy atom. The second-order valence-electron chi connectivity index (χ2n) is 4.80. The number of carboxylic acid groups (broad SMARTS) is 1. The number of hydrogen-bond donors (Lipinski definition) is 2. The Labute approximate surface area is 125 Å². The Morgan fingerprint density at radius 2 is 2.15 bits per heavy atom. The molecule has 0 bridgehead atoms. The Balaban J connectivity index is 2.00. The molecule has 0 amide bonds. The number of thiophene rings is 1. The van der Waals surface area contributed by atoms with Gasteiger partial charge in [-0.05, 0) is 42.8 Å². The molecule has 0 radical (unpaired) electrons. The smallest absolute Gasteiger partial charge is 0.305 e. The number of carbonyl (C=O) groups is 1. The van der Waals surface area contributed by atoms with E-state index >= 15 is 0 Å². The summed E-state index contributed by atoms with van der Waals surface area (Å²) in [6.07, 6.45) is 4.56. The maximum atomic E-state index is 10.6. The van der Waals surface area contributed by atoms with Crippen LogP contribution in [0.1, 0.15) is 29.7 Å². The molecule has 2 aromatic rings. The molecule has 5 nitrogen and oxygen atoms in total. The van der Waals surface area contributed by atoms with Crippen LogP contribution in [-0.4, -0.2) is 27.6 Å². The van der Waals surface area contributed by atoms with E-state index < -0.39 is 5.97 Å². The van der Waals surface area contributed by atoms with Crippen molar-refractivity contribution < 1.29 is 9.90 Å². The third kappa shape index (κ3) is 2.58. The molecule has 0 atom stereocenters. The van der Waals surface area contributed by atoms with Gasteiger partial charge in [0.25, 0.3) is 0 Å². The van der Waals surface area contributed by atoms with Crippen molar-refractivity contribution >= 4 is 44.9 Å². The number of nitrogens with one attached hydrogen (secondary N) is 1. The molecule has 2 aromatic heterocycles. The number of nitrogens with zero attached hydrogens (tertiary/aromatic N) is 2. The third-order valence-corrected chi connectivity index (χ3v) is 4.77. The van der Waals surface area contributed by atoms with Crippen molar-refractivity contribution in [3.63, 3.8) is 0 Å². The Bertz CT molecular complexity index is 671. The van der Waals surface area contributed by atoms with Crippen LogP contribution in [-0.2, 0) is 17.6 Å². The molecule has 2 heterocycles. The van der Waals surface area contributed by atoms with Crippen molar-refractivity contribution in [3.8, 4) is 0 Å². The number of fused-ring (bicyclic) bond motifs is 3. The van der Waals surface area contributed by atoms with Crippen molar-refractivity contribution in [2.45, 2.75) is 32.1 Å². The van der Waals surface area contributed by atoms with Crippen LogP contribution in [0.4, 0.5) is 5.82 Å². The SMILES string of the molecule is O=C(O)CCNc1nc(Cl)nc2sc3c(c12)CCCC3. The van der Waals surface area contributed by atoms with Gasteiger partial charge in [-0.15, -0.1) is 11.3 Å². The van der Waals surface area contributed by atoms with E-state index in [0.717, 1.165) is 23.1 Å². The molecule has 0 aliphatic heterocycles. The minimum absolute atomic E-state index is 0.0510. The van der Waals surface area contributed by atoms with Gasteiger partial charge in [0.15, 0.2) is 0 Å². The van der Waals surface area contributed by atoms with Crippen LogP contribution in [0.2, 0.25) is 5.28 Å². The molecule has 20 heavy (non-hydrogen) atoms.